The van der Waals surface area contributed by atoms with Gasteiger partial charge in [-0.05, 0) is 18.4 Å². The van der Waals surface area contributed by atoms with Crippen molar-refractivity contribution < 1.29 is 9.47 Å². The molecule has 0 bridgehead atoms. The Balaban J connectivity index is 1.73. The Kier molecular flexibility index (Phi) is 2.92. The van der Waals surface area contributed by atoms with Gasteiger partial charge in [0, 0.05) is 6.42 Å². The minimum absolute atomic E-state index is 0.335. The monoisotopic (exact) mass is 236 g/mol. The van der Waals surface area contributed by atoms with Crippen molar-refractivity contribution in [2.45, 2.75) is 29.6 Å². The van der Waals surface area contributed by atoms with Gasteiger partial charge in [-0.2, -0.15) is 0 Å². The molecule has 0 unspecified atom stereocenters. The highest BCUT2D eigenvalue weighted by Gasteiger charge is 2.43. The summed E-state index contributed by atoms with van der Waals surface area (Å²) in [6.45, 7) is 1.61. The molecule has 0 saturated carbocycles. The molecule has 2 nitrogen and oxygen atoms in total. The molecule has 1 aromatic carbocycles. The summed E-state index contributed by atoms with van der Waals surface area (Å²) < 4.78 is 11.7. The van der Waals surface area contributed by atoms with Gasteiger partial charge in [0.05, 0.1) is 18.5 Å². The molecule has 0 radical (unpaired) electrons. The summed E-state index contributed by atoms with van der Waals surface area (Å²) in [6.07, 6.45) is 3.41. The minimum atomic E-state index is -0.335. The standard InChI is InChI=1S/C13H16O2S/c1-2-6-11(7-3-1)12-10-15-13(16-12)8-4-5-9-14-13/h1-3,6-7,12H,4-5,8-10H2/t12-,13-/m1/s1. The number of hydrogen-bond donors (Lipinski definition) is 0. The average molecular weight is 236 g/mol. The van der Waals surface area contributed by atoms with Crippen LogP contribution in [0.25, 0.3) is 0 Å². The number of thioether (sulfide) groups is 1. The lowest BCUT2D eigenvalue weighted by Crippen LogP contribution is -2.32. The Labute approximate surface area is 100 Å². The molecule has 3 rings (SSSR count). The lowest BCUT2D eigenvalue weighted by Gasteiger charge is -2.31. The van der Waals surface area contributed by atoms with Gasteiger partial charge >= 0.3 is 0 Å². The van der Waals surface area contributed by atoms with Gasteiger partial charge in [0.15, 0.2) is 0 Å². The molecule has 2 heterocycles. The van der Waals surface area contributed by atoms with Gasteiger partial charge in [0.25, 0.3) is 0 Å². The van der Waals surface area contributed by atoms with Crippen molar-refractivity contribution in [1.82, 2.24) is 0 Å². The maximum absolute atomic E-state index is 5.89. The molecule has 2 aliphatic rings. The van der Waals surface area contributed by atoms with E-state index in [1.165, 1.54) is 18.4 Å². The molecule has 2 fully saturated rings. The van der Waals surface area contributed by atoms with E-state index in [2.05, 4.69) is 30.3 Å². The second kappa shape index (κ2) is 4.40. The van der Waals surface area contributed by atoms with Crippen LogP contribution in [0.3, 0.4) is 0 Å². The quantitative estimate of drug-likeness (QED) is 0.745. The fourth-order valence-corrected chi connectivity index (χ4v) is 3.68. The first-order chi connectivity index (χ1) is 7.88. The van der Waals surface area contributed by atoms with Crippen molar-refractivity contribution in [3.8, 4) is 0 Å². The summed E-state index contributed by atoms with van der Waals surface area (Å²) in [6, 6.07) is 10.6. The van der Waals surface area contributed by atoms with E-state index in [1.807, 2.05) is 11.8 Å². The van der Waals surface area contributed by atoms with E-state index in [0.29, 0.717) is 5.25 Å². The first kappa shape index (κ1) is 10.6. The van der Waals surface area contributed by atoms with Crippen molar-refractivity contribution in [3.05, 3.63) is 35.9 Å². The molecule has 2 atom stereocenters. The Bertz CT molecular complexity index is 346. The zero-order valence-electron chi connectivity index (χ0n) is 9.22. The molecule has 86 valence electrons. The van der Waals surface area contributed by atoms with Crippen molar-refractivity contribution in [1.29, 1.82) is 0 Å². The normalized spacial score (nSPS) is 34.4. The topological polar surface area (TPSA) is 18.5 Å². The van der Waals surface area contributed by atoms with Gasteiger partial charge in [0.1, 0.15) is 0 Å². The first-order valence-electron chi connectivity index (χ1n) is 5.89. The highest BCUT2D eigenvalue weighted by molar-refractivity contribution is 8.00. The molecular weight excluding hydrogens is 220 g/mol. The minimum Gasteiger partial charge on any atom is -0.341 e. The van der Waals surface area contributed by atoms with E-state index in [1.54, 1.807) is 0 Å². The molecule has 0 amide bonds. The fourth-order valence-electron chi connectivity index (χ4n) is 2.27. The summed E-state index contributed by atoms with van der Waals surface area (Å²) in [7, 11) is 0. The largest absolute Gasteiger partial charge is 0.341 e. The first-order valence-corrected chi connectivity index (χ1v) is 6.77. The third-order valence-corrected chi connectivity index (χ3v) is 4.64. The molecule has 0 aromatic heterocycles. The molecular formula is C13H16O2S. The lowest BCUT2D eigenvalue weighted by atomic mass is 10.1. The smallest absolute Gasteiger partial charge is 0.218 e. The van der Waals surface area contributed by atoms with E-state index in [0.717, 1.165) is 19.6 Å². The van der Waals surface area contributed by atoms with Crippen LogP contribution in [0.4, 0.5) is 0 Å². The van der Waals surface area contributed by atoms with Crippen molar-refractivity contribution in [3.63, 3.8) is 0 Å². The van der Waals surface area contributed by atoms with Gasteiger partial charge in [-0.15, -0.1) is 0 Å². The maximum atomic E-state index is 5.89. The molecule has 0 aliphatic carbocycles. The van der Waals surface area contributed by atoms with Gasteiger partial charge in [-0.3, -0.25) is 0 Å². The average Bonchev–Trinajstić information content (AvgIpc) is 2.75. The Hall–Kier alpha value is -0.510. The van der Waals surface area contributed by atoms with Crippen LogP contribution in [-0.2, 0) is 9.47 Å². The van der Waals surface area contributed by atoms with Crippen LogP contribution in [-0.4, -0.2) is 18.3 Å². The molecule has 1 spiro atoms. The summed E-state index contributed by atoms with van der Waals surface area (Å²) >= 11 is 1.84. The Morgan fingerprint density at radius 2 is 2.00 bits per heavy atom. The molecule has 3 heteroatoms. The lowest BCUT2D eigenvalue weighted by molar-refractivity contribution is -0.180. The third kappa shape index (κ3) is 1.99. The third-order valence-electron chi connectivity index (χ3n) is 3.15. The summed E-state index contributed by atoms with van der Waals surface area (Å²) in [4.78, 5) is 0. The van der Waals surface area contributed by atoms with Crippen LogP contribution in [0.15, 0.2) is 30.3 Å². The molecule has 1 aromatic rings. The molecule has 2 saturated heterocycles. The van der Waals surface area contributed by atoms with Crippen molar-refractivity contribution in [2.24, 2.45) is 0 Å². The van der Waals surface area contributed by atoms with E-state index >= 15 is 0 Å². The zero-order valence-corrected chi connectivity index (χ0v) is 10.0. The van der Waals surface area contributed by atoms with Crippen molar-refractivity contribution >= 4 is 11.8 Å². The van der Waals surface area contributed by atoms with E-state index in [4.69, 9.17) is 9.47 Å². The van der Waals surface area contributed by atoms with Crippen molar-refractivity contribution in [2.75, 3.05) is 13.2 Å². The maximum Gasteiger partial charge on any atom is 0.218 e. The molecule has 16 heavy (non-hydrogen) atoms. The van der Waals surface area contributed by atoms with Gasteiger partial charge in [-0.25, -0.2) is 0 Å². The van der Waals surface area contributed by atoms with Crippen LogP contribution in [0.2, 0.25) is 0 Å². The second-order valence-corrected chi connectivity index (χ2v) is 5.74. The van der Waals surface area contributed by atoms with Crippen LogP contribution in [0.5, 0.6) is 0 Å². The van der Waals surface area contributed by atoms with Gasteiger partial charge in [-0.1, -0.05) is 42.1 Å². The molecule has 0 N–H and O–H groups in total. The number of benzene rings is 1. The number of rotatable bonds is 1. The van der Waals surface area contributed by atoms with Crippen LogP contribution >= 0.6 is 11.8 Å². The second-order valence-electron chi connectivity index (χ2n) is 4.32. The number of ether oxygens (including phenoxy) is 2. The highest BCUT2D eigenvalue weighted by Crippen LogP contribution is 2.50. The number of hydrogen-bond acceptors (Lipinski definition) is 3. The van der Waals surface area contributed by atoms with Gasteiger partial charge in [0.2, 0.25) is 5.12 Å². The predicted octanol–water partition coefficient (Wildman–Crippen LogP) is 3.35. The fraction of sp³-hybridized carbons (Fsp3) is 0.538. The van der Waals surface area contributed by atoms with E-state index in [-0.39, 0.29) is 5.12 Å². The van der Waals surface area contributed by atoms with Crippen LogP contribution in [0, 0.1) is 0 Å². The summed E-state index contributed by atoms with van der Waals surface area (Å²) in [5, 5.41) is 0.0953. The summed E-state index contributed by atoms with van der Waals surface area (Å²) in [5.74, 6) is 0. The van der Waals surface area contributed by atoms with Gasteiger partial charge < -0.3 is 9.47 Å². The Morgan fingerprint density at radius 3 is 2.75 bits per heavy atom. The van der Waals surface area contributed by atoms with E-state index in [9.17, 15) is 0 Å². The van der Waals surface area contributed by atoms with Crippen LogP contribution in [0.1, 0.15) is 30.1 Å². The van der Waals surface area contributed by atoms with E-state index < -0.39 is 0 Å². The zero-order chi connectivity index (χ0) is 10.8. The highest BCUT2D eigenvalue weighted by atomic mass is 32.2. The SMILES string of the molecule is c1ccc([C@H]2CO[C@]3(CCCCO3)S2)cc1. The Morgan fingerprint density at radius 1 is 1.12 bits per heavy atom. The predicted molar refractivity (Wildman–Crippen MR) is 65.3 cm³/mol. The molecule has 2 aliphatic heterocycles. The van der Waals surface area contributed by atoms with Crippen LogP contribution < -0.4 is 0 Å². The summed E-state index contributed by atoms with van der Waals surface area (Å²) in [5.41, 5.74) is 1.35.